The van der Waals surface area contributed by atoms with E-state index < -0.39 is 6.17 Å². The Bertz CT molecular complexity index is 56.3. The highest BCUT2D eigenvalue weighted by molar-refractivity contribution is 4.55. The summed E-state index contributed by atoms with van der Waals surface area (Å²) < 4.78 is 24.1. The van der Waals surface area contributed by atoms with Crippen molar-refractivity contribution in [3.63, 3.8) is 0 Å². The highest BCUT2D eigenvalue weighted by Crippen LogP contribution is 2.10. The molecule has 0 rings (SSSR count). The average Bonchev–Trinajstić information content (AvgIpc) is 1.97. The van der Waals surface area contributed by atoms with Gasteiger partial charge in [0.1, 0.15) is 6.17 Å². The third-order valence-electron chi connectivity index (χ3n) is 1.52. The molecular formula is C8H16F2. The number of halogens is 2. The third kappa shape index (κ3) is 5.99. The van der Waals surface area contributed by atoms with E-state index in [1.54, 1.807) is 0 Å². The summed E-state index contributed by atoms with van der Waals surface area (Å²) in [6.07, 6.45) is 2.57. The van der Waals surface area contributed by atoms with Crippen LogP contribution in [0.3, 0.4) is 0 Å². The van der Waals surface area contributed by atoms with Gasteiger partial charge < -0.3 is 0 Å². The van der Waals surface area contributed by atoms with Gasteiger partial charge >= 0.3 is 0 Å². The second kappa shape index (κ2) is 6.97. The molecule has 0 aliphatic rings. The maximum atomic E-state index is 12.6. The van der Waals surface area contributed by atoms with Crippen molar-refractivity contribution in [3.8, 4) is 0 Å². The average molecular weight is 150 g/mol. The zero-order chi connectivity index (χ0) is 7.82. The first-order valence-electron chi connectivity index (χ1n) is 4.01. The summed E-state index contributed by atoms with van der Waals surface area (Å²) in [7, 11) is 0. The molecule has 0 amide bonds. The quantitative estimate of drug-likeness (QED) is 0.545. The normalized spacial score (nSPS) is 13.5. The van der Waals surface area contributed by atoms with Gasteiger partial charge in [-0.25, -0.2) is 4.39 Å². The number of unbranched alkanes of at least 4 members (excludes halogenated alkanes) is 1. The first-order valence-corrected chi connectivity index (χ1v) is 4.01. The Morgan fingerprint density at radius 1 is 1.20 bits per heavy atom. The minimum Gasteiger partial charge on any atom is -0.251 e. The van der Waals surface area contributed by atoms with Crippen molar-refractivity contribution in [2.75, 3.05) is 6.67 Å². The van der Waals surface area contributed by atoms with Crippen LogP contribution in [0.2, 0.25) is 0 Å². The molecule has 0 saturated heterocycles. The lowest BCUT2D eigenvalue weighted by atomic mass is 10.1. The van der Waals surface area contributed by atoms with E-state index in [2.05, 4.69) is 0 Å². The third-order valence-corrected chi connectivity index (χ3v) is 1.52. The monoisotopic (exact) mass is 150 g/mol. The zero-order valence-electron chi connectivity index (χ0n) is 6.58. The molecule has 10 heavy (non-hydrogen) atoms. The number of hydrogen-bond donors (Lipinski definition) is 0. The minimum atomic E-state index is -0.768. The molecule has 0 aliphatic carbocycles. The van der Waals surface area contributed by atoms with E-state index in [9.17, 15) is 8.78 Å². The van der Waals surface area contributed by atoms with Gasteiger partial charge in [0, 0.05) is 0 Å². The second-order valence-corrected chi connectivity index (χ2v) is 2.57. The van der Waals surface area contributed by atoms with E-state index in [4.69, 9.17) is 0 Å². The van der Waals surface area contributed by atoms with Gasteiger partial charge in [0.25, 0.3) is 0 Å². The molecule has 2 heteroatoms. The van der Waals surface area contributed by atoms with E-state index >= 15 is 0 Å². The maximum absolute atomic E-state index is 12.6. The van der Waals surface area contributed by atoms with Crippen molar-refractivity contribution in [1.82, 2.24) is 0 Å². The minimum absolute atomic E-state index is 0.380. The lowest BCUT2D eigenvalue weighted by molar-refractivity contribution is 0.273. The Morgan fingerprint density at radius 2 is 1.80 bits per heavy atom. The van der Waals surface area contributed by atoms with Gasteiger partial charge in [-0.1, -0.05) is 19.8 Å². The van der Waals surface area contributed by atoms with Crippen LogP contribution in [-0.2, 0) is 0 Å². The van der Waals surface area contributed by atoms with Crippen LogP contribution in [0.15, 0.2) is 0 Å². The molecule has 0 nitrogen and oxygen atoms in total. The molecule has 1 unspecified atom stereocenters. The molecule has 0 aromatic heterocycles. The number of hydrogen-bond acceptors (Lipinski definition) is 0. The molecule has 62 valence electrons. The van der Waals surface area contributed by atoms with Crippen LogP contribution < -0.4 is 0 Å². The molecular weight excluding hydrogens is 134 g/mol. The van der Waals surface area contributed by atoms with E-state index in [-0.39, 0.29) is 6.67 Å². The van der Waals surface area contributed by atoms with Crippen molar-refractivity contribution in [3.05, 3.63) is 0 Å². The molecule has 0 bridgehead atoms. The van der Waals surface area contributed by atoms with E-state index in [1.165, 1.54) is 0 Å². The molecule has 0 aliphatic heterocycles. The maximum Gasteiger partial charge on any atom is 0.100 e. The van der Waals surface area contributed by atoms with Crippen molar-refractivity contribution in [2.45, 2.75) is 45.2 Å². The molecule has 0 heterocycles. The van der Waals surface area contributed by atoms with Crippen LogP contribution >= 0.6 is 0 Å². The SMILES string of the molecule is CCCCC(F)CCCF. The van der Waals surface area contributed by atoms with Gasteiger partial charge in [-0.05, 0) is 19.3 Å². The van der Waals surface area contributed by atoms with Crippen molar-refractivity contribution < 1.29 is 8.78 Å². The Hall–Kier alpha value is -0.140. The molecule has 0 aromatic carbocycles. The summed E-state index contributed by atoms with van der Waals surface area (Å²) in [5, 5.41) is 0. The van der Waals surface area contributed by atoms with E-state index in [0.717, 1.165) is 12.8 Å². The molecule has 0 radical (unpaired) electrons. The van der Waals surface area contributed by atoms with Crippen molar-refractivity contribution >= 4 is 0 Å². The van der Waals surface area contributed by atoms with Gasteiger partial charge in [-0.15, -0.1) is 0 Å². The summed E-state index contributed by atoms with van der Waals surface area (Å²) in [6.45, 7) is 1.65. The van der Waals surface area contributed by atoms with Crippen LogP contribution in [-0.4, -0.2) is 12.8 Å². The largest absolute Gasteiger partial charge is 0.251 e. The van der Waals surface area contributed by atoms with Crippen molar-refractivity contribution in [2.24, 2.45) is 0 Å². The van der Waals surface area contributed by atoms with Crippen LogP contribution in [0.25, 0.3) is 0 Å². The smallest absolute Gasteiger partial charge is 0.100 e. The summed E-state index contributed by atoms with van der Waals surface area (Å²) in [5.41, 5.74) is 0. The predicted molar refractivity (Wildman–Crippen MR) is 39.6 cm³/mol. The standard InChI is InChI=1S/C8H16F2/c1-2-3-5-8(10)6-4-7-9/h8H,2-7H2,1H3. The van der Waals surface area contributed by atoms with Crippen LogP contribution in [0, 0.1) is 0 Å². The fourth-order valence-corrected chi connectivity index (χ4v) is 0.869. The van der Waals surface area contributed by atoms with Crippen LogP contribution in [0.5, 0.6) is 0 Å². The molecule has 1 atom stereocenters. The Kier molecular flexibility index (Phi) is 6.88. The first-order chi connectivity index (χ1) is 4.81. The molecule has 0 aromatic rings. The molecule has 0 spiro atoms. The fraction of sp³-hybridized carbons (Fsp3) is 1.00. The molecule has 0 saturated carbocycles. The summed E-state index contributed by atoms with van der Waals surface area (Å²) in [4.78, 5) is 0. The first kappa shape index (κ1) is 9.86. The summed E-state index contributed by atoms with van der Waals surface area (Å²) >= 11 is 0. The van der Waals surface area contributed by atoms with Crippen LogP contribution in [0.4, 0.5) is 8.78 Å². The Labute approximate surface area is 61.6 Å². The van der Waals surface area contributed by atoms with E-state index in [1.807, 2.05) is 6.92 Å². The van der Waals surface area contributed by atoms with Gasteiger partial charge in [0.2, 0.25) is 0 Å². The lowest BCUT2D eigenvalue weighted by Crippen LogP contribution is -1.99. The Morgan fingerprint density at radius 3 is 2.30 bits per heavy atom. The Balaban J connectivity index is 3.00. The number of rotatable bonds is 6. The predicted octanol–water partition coefficient (Wildman–Crippen LogP) is 3.26. The molecule has 0 N–H and O–H groups in total. The van der Waals surface area contributed by atoms with Gasteiger partial charge in [-0.2, -0.15) is 0 Å². The van der Waals surface area contributed by atoms with Crippen molar-refractivity contribution in [1.29, 1.82) is 0 Å². The summed E-state index contributed by atoms with van der Waals surface area (Å²) in [5.74, 6) is 0. The topological polar surface area (TPSA) is 0 Å². The van der Waals surface area contributed by atoms with E-state index in [0.29, 0.717) is 19.3 Å². The fourth-order valence-electron chi connectivity index (χ4n) is 0.869. The summed E-state index contributed by atoms with van der Waals surface area (Å²) in [6, 6.07) is 0. The van der Waals surface area contributed by atoms with Gasteiger partial charge in [-0.3, -0.25) is 4.39 Å². The zero-order valence-corrected chi connectivity index (χ0v) is 6.58. The highest BCUT2D eigenvalue weighted by Gasteiger charge is 2.03. The van der Waals surface area contributed by atoms with Crippen LogP contribution in [0.1, 0.15) is 39.0 Å². The molecule has 0 fully saturated rings. The second-order valence-electron chi connectivity index (χ2n) is 2.57. The lowest BCUT2D eigenvalue weighted by Gasteiger charge is -2.03. The highest BCUT2D eigenvalue weighted by atomic mass is 19.1. The van der Waals surface area contributed by atoms with Gasteiger partial charge in [0.05, 0.1) is 6.67 Å². The van der Waals surface area contributed by atoms with Gasteiger partial charge in [0.15, 0.2) is 0 Å². The number of alkyl halides is 2.